The number of hydrogen-bond donors (Lipinski definition) is 0. The van der Waals surface area contributed by atoms with E-state index < -0.39 is 10.5 Å². The van der Waals surface area contributed by atoms with Crippen LogP contribution in [0.15, 0.2) is 85.5 Å². The van der Waals surface area contributed by atoms with Crippen molar-refractivity contribution in [2.24, 2.45) is 5.10 Å². The Morgan fingerprint density at radius 3 is 2.78 bits per heavy atom. The lowest BCUT2D eigenvalue weighted by Crippen LogP contribution is -2.20. The summed E-state index contributed by atoms with van der Waals surface area (Å²) in [5.74, 6) is 0.741. The zero-order chi connectivity index (χ0) is 26.1. The number of fused-ring (bicyclic) bond motifs is 2. The first-order chi connectivity index (χ1) is 17.8. The highest BCUT2D eigenvalue weighted by Crippen LogP contribution is 2.30. The Bertz CT molecular complexity index is 1740. The molecule has 0 spiro atoms. The quantitative estimate of drug-likeness (QED) is 0.127. The van der Waals surface area contributed by atoms with Gasteiger partial charge in [-0.25, -0.2) is 4.98 Å². The molecule has 0 radical (unpaired) electrons. The van der Waals surface area contributed by atoms with Gasteiger partial charge in [-0.3, -0.25) is 14.9 Å². The molecule has 10 heteroatoms. The van der Waals surface area contributed by atoms with Gasteiger partial charge < -0.3 is 9.15 Å². The monoisotopic (exact) mass is 560 g/mol. The number of halogens is 1. The van der Waals surface area contributed by atoms with E-state index in [1.165, 1.54) is 18.3 Å². The second kappa shape index (κ2) is 9.98. The van der Waals surface area contributed by atoms with Gasteiger partial charge in [0.1, 0.15) is 5.58 Å². The molecular weight excluding hydrogens is 540 g/mol. The number of benzene rings is 3. The highest BCUT2D eigenvalue weighted by atomic mass is 79.9. The van der Waals surface area contributed by atoms with Crippen LogP contribution in [0.5, 0.6) is 5.75 Å². The molecule has 2 heterocycles. The minimum Gasteiger partial charge on any atom is -0.484 e. The van der Waals surface area contributed by atoms with Crippen molar-refractivity contribution in [1.29, 1.82) is 0 Å². The van der Waals surface area contributed by atoms with Crippen LogP contribution in [-0.2, 0) is 0 Å². The lowest BCUT2D eigenvalue weighted by atomic mass is 10.2. The van der Waals surface area contributed by atoms with Crippen LogP contribution in [0.2, 0.25) is 0 Å². The number of aromatic nitrogens is 2. The van der Waals surface area contributed by atoms with Crippen molar-refractivity contribution in [2.75, 3.05) is 0 Å². The van der Waals surface area contributed by atoms with Crippen molar-refractivity contribution in [3.05, 3.63) is 97.2 Å². The first-order valence-corrected chi connectivity index (χ1v) is 12.3. The Hall–Kier alpha value is -4.31. The maximum atomic E-state index is 13.4. The number of para-hydroxylation sites is 1. The Labute approximate surface area is 219 Å². The Balaban J connectivity index is 1.63. The molecule has 0 saturated carbocycles. The van der Waals surface area contributed by atoms with E-state index in [2.05, 4.69) is 26.0 Å². The zero-order valence-corrected chi connectivity index (χ0v) is 21.5. The van der Waals surface area contributed by atoms with E-state index in [1.54, 1.807) is 36.4 Å². The highest BCUT2D eigenvalue weighted by molar-refractivity contribution is 9.10. The van der Waals surface area contributed by atoms with Crippen LogP contribution < -0.4 is 10.3 Å². The molecule has 0 unspecified atom stereocenters. The minimum atomic E-state index is -0.503. The van der Waals surface area contributed by atoms with Crippen molar-refractivity contribution in [2.45, 2.75) is 26.4 Å². The number of furan rings is 1. The molecule has 0 bridgehead atoms. The van der Waals surface area contributed by atoms with Crippen molar-refractivity contribution in [3.8, 4) is 17.3 Å². The maximum absolute atomic E-state index is 13.4. The molecule has 0 aliphatic carbocycles. The van der Waals surface area contributed by atoms with Crippen LogP contribution in [0.1, 0.15) is 25.8 Å². The smallest absolute Gasteiger partial charge is 0.311 e. The van der Waals surface area contributed by atoms with Gasteiger partial charge in [-0.2, -0.15) is 9.78 Å². The highest BCUT2D eigenvalue weighted by Gasteiger charge is 2.19. The molecule has 0 aliphatic heterocycles. The van der Waals surface area contributed by atoms with Crippen LogP contribution in [0, 0.1) is 10.1 Å². The maximum Gasteiger partial charge on any atom is 0.311 e. The summed E-state index contributed by atoms with van der Waals surface area (Å²) in [6.07, 6.45) is 1.91. The fraction of sp³-hybridized carbons (Fsp3) is 0.148. The Morgan fingerprint density at radius 2 is 2.00 bits per heavy atom. The predicted octanol–water partition coefficient (Wildman–Crippen LogP) is 6.54. The van der Waals surface area contributed by atoms with Crippen LogP contribution in [0.3, 0.4) is 0 Å². The first-order valence-electron chi connectivity index (χ1n) is 11.5. The average Bonchev–Trinajstić information content (AvgIpc) is 3.31. The lowest BCUT2D eigenvalue weighted by Gasteiger charge is -2.12. The lowest BCUT2D eigenvalue weighted by molar-refractivity contribution is -0.386. The minimum absolute atomic E-state index is 0.174. The van der Waals surface area contributed by atoms with E-state index in [0.717, 1.165) is 14.5 Å². The van der Waals surface area contributed by atoms with Crippen LogP contribution in [0.4, 0.5) is 5.69 Å². The van der Waals surface area contributed by atoms with Crippen LogP contribution in [-0.4, -0.2) is 26.9 Å². The molecule has 0 aliphatic rings. The van der Waals surface area contributed by atoms with Gasteiger partial charge in [-0.05, 0) is 61.9 Å². The molecule has 0 fully saturated rings. The molecule has 0 N–H and O–H groups in total. The fourth-order valence-corrected chi connectivity index (χ4v) is 4.18. The van der Waals surface area contributed by atoms with E-state index in [-0.39, 0.29) is 23.4 Å². The molecule has 186 valence electrons. The van der Waals surface area contributed by atoms with E-state index >= 15 is 0 Å². The van der Waals surface area contributed by atoms with E-state index in [9.17, 15) is 14.9 Å². The molecule has 0 amide bonds. The topological polar surface area (TPSA) is 113 Å². The zero-order valence-electron chi connectivity index (χ0n) is 19.9. The molecule has 2 aromatic heterocycles. The average molecular weight is 561 g/mol. The molecule has 0 saturated heterocycles. The van der Waals surface area contributed by atoms with Gasteiger partial charge in [-0.15, -0.1) is 0 Å². The summed E-state index contributed by atoms with van der Waals surface area (Å²) in [6, 6.07) is 18.9. The summed E-state index contributed by atoms with van der Waals surface area (Å²) in [7, 11) is 0. The number of rotatable bonds is 7. The van der Waals surface area contributed by atoms with Crippen molar-refractivity contribution in [1.82, 2.24) is 9.66 Å². The van der Waals surface area contributed by atoms with Crippen molar-refractivity contribution < 1.29 is 14.1 Å². The second-order valence-electron chi connectivity index (χ2n) is 8.43. The molecular formula is C27H21BrN4O5. The van der Waals surface area contributed by atoms with Crippen molar-refractivity contribution in [3.63, 3.8) is 0 Å². The first kappa shape index (κ1) is 24.4. The number of nitro groups is 1. The number of hydrogen-bond acceptors (Lipinski definition) is 7. The molecule has 37 heavy (non-hydrogen) atoms. The third kappa shape index (κ3) is 4.88. The van der Waals surface area contributed by atoms with Gasteiger partial charge in [0.15, 0.2) is 11.5 Å². The number of nitrogens with zero attached hydrogens (tertiary/aromatic N) is 4. The Kier molecular flexibility index (Phi) is 6.58. The number of nitro benzene ring substituents is 1. The normalized spacial score (nSPS) is 12.4. The SMILES string of the molecule is CC[C@H](C)Oc1ccc(C=Nn2c(-c3cc4cc(Br)ccc4o3)nc3ccccc3c2=O)cc1[N+](=O)[O-]. The van der Waals surface area contributed by atoms with Crippen LogP contribution in [0.25, 0.3) is 33.5 Å². The summed E-state index contributed by atoms with van der Waals surface area (Å²) in [6.45, 7) is 3.78. The summed E-state index contributed by atoms with van der Waals surface area (Å²) in [5.41, 5.74) is 0.963. The van der Waals surface area contributed by atoms with Gasteiger partial charge in [0.05, 0.1) is 28.1 Å². The molecule has 3 aromatic carbocycles. The fourth-order valence-electron chi connectivity index (χ4n) is 3.80. The summed E-state index contributed by atoms with van der Waals surface area (Å²) < 4.78 is 13.7. The molecule has 9 nitrogen and oxygen atoms in total. The summed E-state index contributed by atoms with van der Waals surface area (Å²) in [4.78, 5) is 29.2. The van der Waals surface area contributed by atoms with E-state index in [4.69, 9.17) is 9.15 Å². The van der Waals surface area contributed by atoms with Crippen LogP contribution >= 0.6 is 15.9 Å². The molecule has 5 aromatic rings. The largest absolute Gasteiger partial charge is 0.484 e. The molecule has 1 atom stereocenters. The third-order valence-electron chi connectivity index (χ3n) is 5.86. The van der Waals surface area contributed by atoms with Gasteiger partial charge >= 0.3 is 5.69 Å². The van der Waals surface area contributed by atoms with E-state index in [1.807, 2.05) is 32.0 Å². The Morgan fingerprint density at radius 1 is 1.19 bits per heavy atom. The second-order valence-corrected chi connectivity index (χ2v) is 9.34. The standard InChI is InChI=1S/C27H21BrN4O5/c1-3-16(2)36-24-10-8-17(12-22(24)32(34)35)15-29-31-26(30-21-7-5-4-6-20(21)27(31)33)25-14-18-13-19(28)9-11-23(18)37-25/h4-16H,3H2,1-2H3/t16-/m0/s1. The van der Waals surface area contributed by atoms with Gasteiger partial charge in [0, 0.05) is 21.5 Å². The molecule has 5 rings (SSSR count). The van der Waals surface area contributed by atoms with E-state index in [0.29, 0.717) is 34.2 Å². The summed E-state index contributed by atoms with van der Waals surface area (Å²) in [5, 5.41) is 17.3. The van der Waals surface area contributed by atoms with Crippen molar-refractivity contribution >= 4 is 49.7 Å². The van der Waals surface area contributed by atoms with Gasteiger partial charge in [0.2, 0.25) is 5.82 Å². The van der Waals surface area contributed by atoms with Gasteiger partial charge in [-0.1, -0.05) is 35.0 Å². The number of ether oxygens (including phenoxy) is 1. The van der Waals surface area contributed by atoms with Gasteiger partial charge in [0.25, 0.3) is 5.56 Å². The predicted molar refractivity (Wildman–Crippen MR) is 145 cm³/mol. The summed E-state index contributed by atoms with van der Waals surface area (Å²) >= 11 is 3.45. The third-order valence-corrected chi connectivity index (χ3v) is 6.35.